The molecule has 0 saturated carbocycles. The van der Waals surface area contributed by atoms with Crippen LogP contribution in [0.5, 0.6) is 0 Å². The fourth-order valence-corrected chi connectivity index (χ4v) is 3.38. The second kappa shape index (κ2) is 7.98. The van der Waals surface area contributed by atoms with Gasteiger partial charge < -0.3 is 25.9 Å². The fraction of sp³-hybridized carbons (Fsp3) is 0.700. The van der Waals surface area contributed by atoms with Crippen molar-refractivity contribution in [2.75, 3.05) is 12.3 Å². The van der Waals surface area contributed by atoms with Gasteiger partial charge in [-0.25, -0.2) is 0 Å². The van der Waals surface area contributed by atoms with Gasteiger partial charge in [0.1, 0.15) is 6.04 Å². The smallest absolute Gasteiger partial charge is 0.320 e. The molecule has 0 bridgehead atoms. The van der Waals surface area contributed by atoms with Gasteiger partial charge in [-0.1, -0.05) is 0 Å². The molecule has 0 aliphatic carbocycles. The van der Waals surface area contributed by atoms with E-state index in [0.717, 1.165) is 0 Å². The average molecular weight is 311 g/mol. The van der Waals surface area contributed by atoms with Crippen molar-refractivity contribution in [1.29, 1.82) is 0 Å². The van der Waals surface area contributed by atoms with Crippen LogP contribution in [0.15, 0.2) is 0 Å². The standard InChI is InChI=1S/C10H18NO8P/c11-7(10(16)17)3-4-20(18,19)5-6(9(14)15)1-2-8(12)13/h6-7H,1-5,11H2,(H,12,13)(H,14,15)(H,16,17)(H,18,19)/t6-,7+/m1/s1. The highest BCUT2D eigenvalue weighted by atomic mass is 31.2. The summed E-state index contributed by atoms with van der Waals surface area (Å²) < 4.78 is 11.8. The number of carboxylic acid groups (broad SMARTS) is 3. The maximum Gasteiger partial charge on any atom is 0.320 e. The number of hydrogen-bond acceptors (Lipinski definition) is 5. The second-order valence-electron chi connectivity index (χ2n) is 4.45. The quantitative estimate of drug-likeness (QED) is 0.337. The van der Waals surface area contributed by atoms with Gasteiger partial charge in [0.2, 0.25) is 7.37 Å². The first-order chi connectivity index (χ1) is 9.05. The average Bonchev–Trinajstić information content (AvgIpc) is 2.30. The molecule has 0 heterocycles. The lowest BCUT2D eigenvalue weighted by Crippen LogP contribution is -2.31. The van der Waals surface area contributed by atoms with Gasteiger partial charge in [-0.2, -0.15) is 0 Å². The van der Waals surface area contributed by atoms with E-state index in [2.05, 4.69) is 0 Å². The maximum atomic E-state index is 11.8. The summed E-state index contributed by atoms with van der Waals surface area (Å²) in [4.78, 5) is 41.4. The summed E-state index contributed by atoms with van der Waals surface area (Å²) in [6.07, 6.45) is -1.96. The normalized spacial score (nSPS) is 16.9. The molecular formula is C10H18NO8P. The highest BCUT2D eigenvalue weighted by molar-refractivity contribution is 7.58. The van der Waals surface area contributed by atoms with Crippen molar-refractivity contribution in [3.05, 3.63) is 0 Å². The first-order valence-corrected chi connectivity index (χ1v) is 7.82. The SMILES string of the molecule is N[C@@H](CCP(=O)(O)C[C@@H](CCC(=O)O)C(=O)O)C(=O)O. The van der Waals surface area contributed by atoms with Crippen molar-refractivity contribution in [3.63, 3.8) is 0 Å². The van der Waals surface area contributed by atoms with Crippen LogP contribution in [-0.2, 0) is 18.9 Å². The summed E-state index contributed by atoms with van der Waals surface area (Å²) in [6, 6.07) is -1.29. The van der Waals surface area contributed by atoms with Crippen LogP contribution in [0.25, 0.3) is 0 Å². The summed E-state index contributed by atoms with van der Waals surface area (Å²) in [5.74, 6) is -5.13. The van der Waals surface area contributed by atoms with Crippen molar-refractivity contribution >= 4 is 25.3 Å². The third-order valence-electron chi connectivity index (χ3n) is 2.67. The first-order valence-electron chi connectivity index (χ1n) is 5.79. The fourth-order valence-electron chi connectivity index (χ4n) is 1.49. The molecule has 0 aliphatic heterocycles. The Morgan fingerprint density at radius 1 is 1.05 bits per heavy atom. The molecule has 0 aromatic heterocycles. The Labute approximate surface area is 114 Å². The zero-order chi connectivity index (χ0) is 15.9. The van der Waals surface area contributed by atoms with E-state index >= 15 is 0 Å². The van der Waals surface area contributed by atoms with Crippen LogP contribution in [0.3, 0.4) is 0 Å². The van der Waals surface area contributed by atoms with Crippen LogP contribution in [-0.4, -0.2) is 56.5 Å². The summed E-state index contributed by atoms with van der Waals surface area (Å²) in [5.41, 5.74) is 5.19. The van der Waals surface area contributed by atoms with Crippen molar-refractivity contribution in [1.82, 2.24) is 0 Å². The molecule has 0 aromatic rings. The van der Waals surface area contributed by atoms with E-state index in [0.29, 0.717) is 0 Å². The van der Waals surface area contributed by atoms with Crippen LogP contribution in [0.4, 0.5) is 0 Å². The minimum atomic E-state index is -3.87. The largest absolute Gasteiger partial charge is 0.481 e. The van der Waals surface area contributed by atoms with E-state index in [-0.39, 0.29) is 12.8 Å². The van der Waals surface area contributed by atoms with Gasteiger partial charge in [-0.05, 0) is 12.8 Å². The van der Waals surface area contributed by atoms with E-state index in [1.54, 1.807) is 0 Å². The molecule has 0 radical (unpaired) electrons. The third kappa shape index (κ3) is 7.88. The highest BCUT2D eigenvalue weighted by Gasteiger charge is 2.30. The molecule has 0 fully saturated rings. The van der Waals surface area contributed by atoms with Gasteiger partial charge in [-0.3, -0.25) is 18.9 Å². The molecule has 1 unspecified atom stereocenters. The van der Waals surface area contributed by atoms with E-state index in [1.165, 1.54) is 0 Å². The van der Waals surface area contributed by atoms with E-state index < -0.39 is 56.0 Å². The molecule has 0 amide bonds. The maximum absolute atomic E-state index is 11.8. The lowest BCUT2D eigenvalue weighted by Gasteiger charge is -2.17. The Balaban J connectivity index is 4.51. The molecule has 0 aromatic carbocycles. The van der Waals surface area contributed by atoms with Gasteiger partial charge in [0.15, 0.2) is 0 Å². The van der Waals surface area contributed by atoms with Crippen LogP contribution < -0.4 is 5.73 Å². The van der Waals surface area contributed by atoms with E-state index in [9.17, 15) is 23.8 Å². The van der Waals surface area contributed by atoms with Crippen LogP contribution >= 0.6 is 7.37 Å². The number of carboxylic acids is 3. The minimum Gasteiger partial charge on any atom is -0.481 e. The Kier molecular flexibility index (Phi) is 7.41. The van der Waals surface area contributed by atoms with Gasteiger partial charge in [0, 0.05) is 18.7 Å². The van der Waals surface area contributed by atoms with E-state index in [1.807, 2.05) is 0 Å². The van der Waals surface area contributed by atoms with Crippen molar-refractivity contribution < 1.29 is 39.2 Å². The van der Waals surface area contributed by atoms with Crippen LogP contribution in [0.1, 0.15) is 19.3 Å². The zero-order valence-corrected chi connectivity index (χ0v) is 11.5. The molecule has 0 aliphatic rings. The molecule has 0 spiro atoms. The van der Waals surface area contributed by atoms with Crippen molar-refractivity contribution in [2.45, 2.75) is 25.3 Å². The summed E-state index contributed by atoms with van der Waals surface area (Å²) in [5, 5.41) is 25.9. The Morgan fingerprint density at radius 2 is 1.60 bits per heavy atom. The Morgan fingerprint density at radius 3 is 2.00 bits per heavy atom. The number of rotatable bonds is 10. The van der Waals surface area contributed by atoms with Crippen LogP contribution in [0, 0.1) is 5.92 Å². The third-order valence-corrected chi connectivity index (χ3v) is 4.64. The molecule has 0 saturated heterocycles. The van der Waals surface area contributed by atoms with Crippen molar-refractivity contribution in [3.8, 4) is 0 Å². The molecule has 6 N–H and O–H groups in total. The molecule has 20 heavy (non-hydrogen) atoms. The number of hydrogen-bond donors (Lipinski definition) is 5. The molecular weight excluding hydrogens is 293 g/mol. The number of carbonyl (C=O) groups is 3. The van der Waals surface area contributed by atoms with Crippen LogP contribution in [0.2, 0.25) is 0 Å². The summed E-state index contributed by atoms with van der Waals surface area (Å²) in [6.45, 7) is 0. The van der Waals surface area contributed by atoms with Gasteiger partial charge in [0.25, 0.3) is 0 Å². The lowest BCUT2D eigenvalue weighted by molar-refractivity contribution is -0.142. The summed E-state index contributed by atoms with van der Waals surface area (Å²) in [7, 11) is -3.87. The van der Waals surface area contributed by atoms with Gasteiger partial charge in [0.05, 0.1) is 5.92 Å². The molecule has 116 valence electrons. The molecule has 3 atom stereocenters. The highest BCUT2D eigenvalue weighted by Crippen LogP contribution is 2.44. The minimum absolute atomic E-state index is 0.256. The monoisotopic (exact) mass is 311 g/mol. The zero-order valence-electron chi connectivity index (χ0n) is 10.6. The summed E-state index contributed by atoms with van der Waals surface area (Å²) >= 11 is 0. The lowest BCUT2D eigenvalue weighted by atomic mass is 10.1. The topological polar surface area (TPSA) is 175 Å². The molecule has 9 nitrogen and oxygen atoms in total. The number of aliphatic carboxylic acids is 3. The molecule has 0 rings (SSSR count). The Bertz CT molecular complexity index is 423. The first kappa shape index (κ1) is 18.6. The van der Waals surface area contributed by atoms with Crippen molar-refractivity contribution in [2.24, 2.45) is 11.7 Å². The second-order valence-corrected chi connectivity index (χ2v) is 6.96. The molecule has 10 heteroatoms. The predicted octanol–water partition coefficient (Wildman–Crippen LogP) is -0.376. The number of nitrogens with two attached hydrogens (primary N) is 1. The van der Waals surface area contributed by atoms with E-state index in [4.69, 9.17) is 21.1 Å². The van der Waals surface area contributed by atoms with Gasteiger partial charge in [-0.15, -0.1) is 0 Å². The van der Waals surface area contributed by atoms with Gasteiger partial charge >= 0.3 is 17.9 Å². The Hall–Kier alpha value is -1.44. The predicted molar refractivity (Wildman–Crippen MR) is 67.8 cm³/mol.